The molecule has 1 aromatic rings. The van der Waals surface area contributed by atoms with E-state index in [1.807, 2.05) is 32.0 Å². The van der Waals surface area contributed by atoms with Crippen LogP contribution in [0, 0.1) is 13.8 Å². The second-order valence-electron chi connectivity index (χ2n) is 5.17. The fourth-order valence-corrected chi connectivity index (χ4v) is 2.10. The molecule has 0 bridgehead atoms. The van der Waals surface area contributed by atoms with Gasteiger partial charge in [0.25, 0.3) is 5.91 Å². The predicted molar refractivity (Wildman–Crippen MR) is 75.7 cm³/mol. The van der Waals surface area contributed by atoms with Gasteiger partial charge in [0.2, 0.25) is 11.8 Å². The highest BCUT2D eigenvalue weighted by atomic mass is 16.5. The Balaban J connectivity index is 2.02. The van der Waals surface area contributed by atoms with Crippen LogP contribution in [0.1, 0.15) is 18.1 Å². The number of nitrogens with zero attached hydrogens (tertiary/aromatic N) is 1. The van der Waals surface area contributed by atoms with Crippen LogP contribution in [0.3, 0.4) is 0 Å². The van der Waals surface area contributed by atoms with Crippen molar-refractivity contribution in [1.82, 2.24) is 10.2 Å². The van der Waals surface area contributed by atoms with Gasteiger partial charge in [0.1, 0.15) is 18.3 Å². The molecule has 2 rings (SSSR count). The minimum atomic E-state index is -0.669. The highest BCUT2D eigenvalue weighted by Gasteiger charge is 2.33. The van der Waals surface area contributed by atoms with Crippen molar-refractivity contribution < 1.29 is 19.1 Å². The smallest absolute Gasteiger partial charge is 0.261 e. The molecule has 1 unspecified atom stereocenters. The van der Waals surface area contributed by atoms with Crippen LogP contribution in [0.4, 0.5) is 0 Å². The Labute approximate surface area is 123 Å². The van der Waals surface area contributed by atoms with Crippen molar-refractivity contribution in [3.8, 4) is 5.75 Å². The van der Waals surface area contributed by atoms with Gasteiger partial charge in [-0.15, -0.1) is 0 Å². The molecule has 1 heterocycles. The van der Waals surface area contributed by atoms with Crippen molar-refractivity contribution in [3.63, 3.8) is 0 Å². The van der Waals surface area contributed by atoms with Gasteiger partial charge >= 0.3 is 0 Å². The lowest BCUT2D eigenvalue weighted by Gasteiger charge is -2.31. The lowest BCUT2D eigenvalue weighted by Crippen LogP contribution is -2.59. The standard InChI is InChI=1S/C15H18N2O4/c1-9-4-5-10(2)12(6-9)21-8-14(19)17-7-13(18)16-15(20)11(17)3/h4-6,11H,7-8H2,1-3H3,(H,16,18,20). The summed E-state index contributed by atoms with van der Waals surface area (Å²) in [5.74, 6) is -0.695. The molecule has 1 aromatic carbocycles. The van der Waals surface area contributed by atoms with E-state index in [0.29, 0.717) is 5.75 Å². The molecule has 1 saturated heterocycles. The maximum atomic E-state index is 12.1. The van der Waals surface area contributed by atoms with Crippen molar-refractivity contribution in [1.29, 1.82) is 0 Å². The molecular weight excluding hydrogens is 272 g/mol. The zero-order chi connectivity index (χ0) is 15.6. The minimum absolute atomic E-state index is 0.123. The first kappa shape index (κ1) is 15.0. The number of carbonyl (C=O) groups is 3. The first-order valence-corrected chi connectivity index (χ1v) is 6.71. The van der Waals surface area contributed by atoms with Crippen LogP contribution in [0.25, 0.3) is 0 Å². The van der Waals surface area contributed by atoms with Gasteiger partial charge < -0.3 is 9.64 Å². The predicted octanol–water partition coefficient (Wildman–Crippen LogP) is 0.556. The summed E-state index contributed by atoms with van der Waals surface area (Å²) in [7, 11) is 0. The van der Waals surface area contributed by atoms with Crippen LogP contribution in [-0.4, -0.2) is 41.8 Å². The summed E-state index contributed by atoms with van der Waals surface area (Å²) in [6.07, 6.45) is 0. The van der Waals surface area contributed by atoms with Gasteiger partial charge in [0.15, 0.2) is 6.61 Å². The summed E-state index contributed by atoms with van der Waals surface area (Å²) >= 11 is 0. The Kier molecular flexibility index (Phi) is 4.26. The van der Waals surface area contributed by atoms with E-state index in [-0.39, 0.29) is 19.1 Å². The molecule has 6 nitrogen and oxygen atoms in total. The van der Waals surface area contributed by atoms with Crippen molar-refractivity contribution >= 4 is 17.7 Å². The maximum Gasteiger partial charge on any atom is 0.261 e. The third-order valence-corrected chi connectivity index (χ3v) is 3.44. The van der Waals surface area contributed by atoms with E-state index in [0.717, 1.165) is 11.1 Å². The molecule has 21 heavy (non-hydrogen) atoms. The number of hydrogen-bond acceptors (Lipinski definition) is 4. The number of nitrogens with one attached hydrogen (secondary N) is 1. The van der Waals surface area contributed by atoms with Gasteiger partial charge in [-0.2, -0.15) is 0 Å². The average molecular weight is 290 g/mol. The van der Waals surface area contributed by atoms with Crippen LogP contribution in [0.5, 0.6) is 5.75 Å². The quantitative estimate of drug-likeness (QED) is 0.825. The number of imide groups is 1. The third-order valence-electron chi connectivity index (χ3n) is 3.44. The van der Waals surface area contributed by atoms with Gasteiger partial charge in [0, 0.05) is 0 Å². The van der Waals surface area contributed by atoms with E-state index in [9.17, 15) is 14.4 Å². The molecule has 0 saturated carbocycles. The Hall–Kier alpha value is -2.37. The van der Waals surface area contributed by atoms with Crippen LogP contribution in [0.15, 0.2) is 18.2 Å². The summed E-state index contributed by atoms with van der Waals surface area (Å²) in [5, 5.41) is 2.19. The molecule has 6 heteroatoms. The van der Waals surface area contributed by atoms with Crippen molar-refractivity contribution in [3.05, 3.63) is 29.3 Å². The highest BCUT2D eigenvalue weighted by Crippen LogP contribution is 2.19. The van der Waals surface area contributed by atoms with Crippen molar-refractivity contribution in [2.45, 2.75) is 26.8 Å². The number of rotatable bonds is 3. The second-order valence-corrected chi connectivity index (χ2v) is 5.17. The van der Waals surface area contributed by atoms with Gasteiger partial charge in [-0.1, -0.05) is 12.1 Å². The maximum absolute atomic E-state index is 12.1. The molecule has 112 valence electrons. The molecule has 0 aliphatic carbocycles. The van der Waals surface area contributed by atoms with Gasteiger partial charge in [-0.25, -0.2) is 0 Å². The molecule has 1 N–H and O–H groups in total. The summed E-state index contributed by atoms with van der Waals surface area (Å²) in [5.41, 5.74) is 1.96. The SMILES string of the molecule is Cc1ccc(C)c(OCC(=O)N2CC(=O)NC(=O)C2C)c1. The Bertz CT molecular complexity index is 597. The van der Waals surface area contributed by atoms with Gasteiger partial charge in [-0.05, 0) is 38.0 Å². The van der Waals surface area contributed by atoms with E-state index in [2.05, 4.69) is 5.32 Å². The largest absolute Gasteiger partial charge is 0.483 e. The number of amides is 3. The number of aryl methyl sites for hydroxylation is 2. The highest BCUT2D eigenvalue weighted by molar-refractivity contribution is 6.04. The molecule has 1 atom stereocenters. The lowest BCUT2D eigenvalue weighted by molar-refractivity contribution is -0.150. The first-order chi connectivity index (χ1) is 9.88. The van der Waals surface area contributed by atoms with Crippen LogP contribution in [0.2, 0.25) is 0 Å². The molecule has 0 aromatic heterocycles. The molecular formula is C15H18N2O4. The van der Waals surface area contributed by atoms with Crippen LogP contribution < -0.4 is 10.1 Å². The summed E-state index contributed by atoms with van der Waals surface area (Å²) < 4.78 is 5.52. The molecule has 1 fully saturated rings. The Morgan fingerprint density at radius 3 is 2.81 bits per heavy atom. The second kappa shape index (κ2) is 5.95. The topological polar surface area (TPSA) is 75.7 Å². The van der Waals surface area contributed by atoms with E-state index < -0.39 is 17.9 Å². The zero-order valence-electron chi connectivity index (χ0n) is 12.3. The number of carbonyl (C=O) groups excluding carboxylic acids is 3. The summed E-state index contributed by atoms with van der Waals surface area (Å²) in [6.45, 7) is 5.08. The molecule has 1 aliphatic rings. The zero-order valence-corrected chi connectivity index (χ0v) is 12.3. The molecule has 0 spiro atoms. The monoisotopic (exact) mass is 290 g/mol. The van der Waals surface area contributed by atoms with E-state index in [1.54, 1.807) is 6.92 Å². The fourth-order valence-electron chi connectivity index (χ4n) is 2.10. The van der Waals surface area contributed by atoms with Gasteiger partial charge in [0.05, 0.1) is 0 Å². The van der Waals surface area contributed by atoms with Crippen LogP contribution >= 0.6 is 0 Å². The fraction of sp³-hybridized carbons (Fsp3) is 0.400. The number of piperazine rings is 1. The third kappa shape index (κ3) is 3.39. The van der Waals surface area contributed by atoms with Gasteiger partial charge in [-0.3, -0.25) is 19.7 Å². The van der Waals surface area contributed by atoms with Crippen LogP contribution in [-0.2, 0) is 14.4 Å². The Morgan fingerprint density at radius 1 is 1.38 bits per heavy atom. The first-order valence-electron chi connectivity index (χ1n) is 6.71. The van der Waals surface area contributed by atoms with Crippen molar-refractivity contribution in [2.75, 3.05) is 13.2 Å². The molecule has 3 amide bonds. The number of ether oxygens (including phenoxy) is 1. The number of hydrogen-bond donors (Lipinski definition) is 1. The van der Waals surface area contributed by atoms with Crippen molar-refractivity contribution in [2.24, 2.45) is 0 Å². The van der Waals surface area contributed by atoms with E-state index >= 15 is 0 Å². The average Bonchev–Trinajstić information content (AvgIpc) is 2.43. The lowest BCUT2D eigenvalue weighted by atomic mass is 10.1. The van der Waals surface area contributed by atoms with E-state index in [4.69, 9.17) is 4.74 Å². The summed E-state index contributed by atoms with van der Waals surface area (Å²) in [6, 6.07) is 5.05. The normalized spacial score (nSPS) is 18.4. The molecule has 1 aliphatic heterocycles. The molecule has 0 radical (unpaired) electrons. The summed E-state index contributed by atoms with van der Waals surface area (Å²) in [4.78, 5) is 36.2. The van der Waals surface area contributed by atoms with E-state index in [1.165, 1.54) is 4.90 Å². The number of benzene rings is 1. The Morgan fingerprint density at radius 2 is 2.10 bits per heavy atom. The minimum Gasteiger partial charge on any atom is -0.483 e.